The summed E-state index contributed by atoms with van der Waals surface area (Å²) >= 11 is 0. The maximum atomic E-state index is 13.3. The highest BCUT2D eigenvalue weighted by molar-refractivity contribution is 5.97. The molecule has 0 aliphatic heterocycles. The lowest BCUT2D eigenvalue weighted by molar-refractivity contribution is 0.0175. The van der Waals surface area contributed by atoms with Crippen molar-refractivity contribution in [1.82, 2.24) is 4.98 Å². The molecule has 0 unspecified atom stereocenters. The highest BCUT2D eigenvalue weighted by Crippen LogP contribution is 2.31. The molecule has 0 radical (unpaired) electrons. The summed E-state index contributed by atoms with van der Waals surface area (Å²) in [7, 11) is 0. The Morgan fingerprint density at radius 3 is 2.50 bits per heavy atom. The van der Waals surface area contributed by atoms with Crippen molar-refractivity contribution in [3.05, 3.63) is 47.8 Å². The number of Topliss-reactive ketones (excluding diaryl/α,β-unsaturated/α-hetero) is 1. The second-order valence-electron chi connectivity index (χ2n) is 4.69. The van der Waals surface area contributed by atoms with Crippen LogP contribution in [0.2, 0.25) is 0 Å². The number of benzene rings is 1. The van der Waals surface area contributed by atoms with Gasteiger partial charge < -0.3 is 5.73 Å². The van der Waals surface area contributed by atoms with Gasteiger partial charge in [-0.25, -0.2) is 8.78 Å². The van der Waals surface area contributed by atoms with Crippen molar-refractivity contribution in [2.45, 2.75) is 19.8 Å². The first-order valence-corrected chi connectivity index (χ1v) is 6.04. The van der Waals surface area contributed by atoms with E-state index in [1.165, 1.54) is 25.3 Å². The zero-order chi connectivity index (χ0) is 14.9. The number of ketones is 1. The van der Waals surface area contributed by atoms with Crippen LogP contribution in [0.25, 0.3) is 11.1 Å². The van der Waals surface area contributed by atoms with Gasteiger partial charge in [0.05, 0.1) is 5.69 Å². The van der Waals surface area contributed by atoms with E-state index in [4.69, 9.17) is 5.73 Å². The molecule has 3 nitrogen and oxygen atoms in total. The van der Waals surface area contributed by atoms with Gasteiger partial charge in [0, 0.05) is 31.2 Å². The molecule has 1 heterocycles. The maximum absolute atomic E-state index is 13.3. The third-order valence-corrected chi connectivity index (χ3v) is 2.95. The molecule has 2 aromatic rings. The third-order valence-electron chi connectivity index (χ3n) is 2.95. The minimum absolute atomic E-state index is 0.0794. The fourth-order valence-corrected chi connectivity index (χ4v) is 1.91. The van der Waals surface area contributed by atoms with Crippen LogP contribution < -0.4 is 5.73 Å². The van der Waals surface area contributed by atoms with E-state index >= 15 is 0 Å². The van der Waals surface area contributed by atoms with Gasteiger partial charge in [-0.15, -0.1) is 0 Å². The number of hydrogen-bond donors (Lipinski definition) is 1. The van der Waals surface area contributed by atoms with E-state index in [1.54, 1.807) is 18.2 Å². The average molecular weight is 276 g/mol. The number of nitrogen functional groups attached to an aromatic ring is 1. The van der Waals surface area contributed by atoms with E-state index < -0.39 is 5.92 Å². The largest absolute Gasteiger partial charge is 0.397 e. The normalized spacial score (nSPS) is 11.4. The van der Waals surface area contributed by atoms with Crippen molar-refractivity contribution in [3.8, 4) is 11.1 Å². The lowest BCUT2D eigenvalue weighted by Gasteiger charge is -2.12. The second-order valence-corrected chi connectivity index (χ2v) is 4.69. The van der Waals surface area contributed by atoms with E-state index in [9.17, 15) is 13.6 Å². The monoisotopic (exact) mass is 276 g/mol. The molecule has 0 atom stereocenters. The predicted octanol–water partition coefficient (Wildman–Crippen LogP) is 3.65. The summed E-state index contributed by atoms with van der Waals surface area (Å²) in [5.41, 5.74) is 7.28. The van der Waals surface area contributed by atoms with Crippen LogP contribution in [0.15, 0.2) is 36.5 Å². The second kappa shape index (κ2) is 5.00. The number of anilines is 1. The molecule has 20 heavy (non-hydrogen) atoms. The molecule has 0 aliphatic carbocycles. The molecular formula is C15H14F2N2O. The fraction of sp³-hybridized carbons (Fsp3) is 0.200. The standard InChI is InChI=1S/C15H14F2N2O/c1-9(20)14-13(18)7-11(8-19-14)10-4-3-5-12(6-10)15(2,16)17/h3-8H,18H2,1-2H3. The lowest BCUT2D eigenvalue weighted by Crippen LogP contribution is -2.07. The minimum atomic E-state index is -2.91. The summed E-state index contributed by atoms with van der Waals surface area (Å²) in [5, 5.41) is 0. The number of carbonyl (C=O) groups is 1. The molecule has 0 aliphatic rings. The number of alkyl halides is 2. The number of carbonyl (C=O) groups excluding carboxylic acids is 1. The Hall–Kier alpha value is -2.30. The average Bonchev–Trinajstić information content (AvgIpc) is 2.37. The van der Waals surface area contributed by atoms with Gasteiger partial charge in [-0.1, -0.05) is 18.2 Å². The Balaban J connectivity index is 2.47. The van der Waals surface area contributed by atoms with Crippen LogP contribution in [-0.2, 0) is 5.92 Å². The molecule has 0 saturated carbocycles. The predicted molar refractivity (Wildman–Crippen MR) is 73.7 cm³/mol. The van der Waals surface area contributed by atoms with Gasteiger partial charge in [0.15, 0.2) is 5.78 Å². The lowest BCUT2D eigenvalue weighted by atomic mass is 10.0. The van der Waals surface area contributed by atoms with Gasteiger partial charge in [0.2, 0.25) is 0 Å². The molecule has 2 rings (SSSR count). The molecule has 2 N–H and O–H groups in total. The molecule has 1 aromatic heterocycles. The Kier molecular flexibility index (Phi) is 3.53. The van der Waals surface area contributed by atoms with Gasteiger partial charge in [-0.05, 0) is 17.7 Å². The quantitative estimate of drug-likeness (QED) is 0.871. The number of rotatable bonds is 3. The molecular weight excluding hydrogens is 262 g/mol. The fourth-order valence-electron chi connectivity index (χ4n) is 1.91. The first kappa shape index (κ1) is 14.1. The van der Waals surface area contributed by atoms with Gasteiger partial charge in [0.1, 0.15) is 5.69 Å². The van der Waals surface area contributed by atoms with Crippen LogP contribution in [0, 0.1) is 0 Å². The zero-order valence-electron chi connectivity index (χ0n) is 11.2. The van der Waals surface area contributed by atoms with Crippen LogP contribution in [-0.4, -0.2) is 10.8 Å². The van der Waals surface area contributed by atoms with Gasteiger partial charge in [-0.2, -0.15) is 0 Å². The first-order valence-electron chi connectivity index (χ1n) is 6.04. The minimum Gasteiger partial charge on any atom is -0.397 e. The Morgan fingerprint density at radius 1 is 1.25 bits per heavy atom. The molecule has 0 spiro atoms. The van der Waals surface area contributed by atoms with E-state index in [0.717, 1.165) is 6.92 Å². The number of hydrogen-bond acceptors (Lipinski definition) is 3. The first-order chi connectivity index (χ1) is 9.29. The third kappa shape index (κ3) is 2.82. The number of pyridine rings is 1. The SMILES string of the molecule is CC(=O)c1ncc(-c2cccc(C(C)(F)F)c2)cc1N. The number of nitrogens with two attached hydrogens (primary N) is 1. The van der Waals surface area contributed by atoms with Crippen molar-refractivity contribution < 1.29 is 13.6 Å². The maximum Gasteiger partial charge on any atom is 0.270 e. The summed E-state index contributed by atoms with van der Waals surface area (Å²) in [6, 6.07) is 7.57. The van der Waals surface area contributed by atoms with Crippen molar-refractivity contribution in [3.63, 3.8) is 0 Å². The van der Waals surface area contributed by atoms with E-state index in [1.807, 2.05) is 0 Å². The van der Waals surface area contributed by atoms with Crippen LogP contribution in [0.4, 0.5) is 14.5 Å². The Labute approximate surface area is 115 Å². The van der Waals surface area contributed by atoms with Crippen molar-refractivity contribution in [2.75, 3.05) is 5.73 Å². The van der Waals surface area contributed by atoms with E-state index in [2.05, 4.69) is 4.98 Å². The van der Waals surface area contributed by atoms with Crippen molar-refractivity contribution in [1.29, 1.82) is 0 Å². The van der Waals surface area contributed by atoms with Gasteiger partial charge >= 0.3 is 0 Å². The molecule has 0 fully saturated rings. The van der Waals surface area contributed by atoms with E-state index in [-0.39, 0.29) is 22.7 Å². The summed E-state index contributed by atoms with van der Waals surface area (Å²) in [5.74, 6) is -3.14. The van der Waals surface area contributed by atoms with Gasteiger partial charge in [-0.3, -0.25) is 9.78 Å². The summed E-state index contributed by atoms with van der Waals surface area (Å²) in [6.45, 7) is 2.22. The molecule has 0 bridgehead atoms. The van der Waals surface area contributed by atoms with E-state index in [0.29, 0.717) is 11.1 Å². The number of nitrogens with zero attached hydrogens (tertiary/aromatic N) is 1. The molecule has 104 valence electrons. The topological polar surface area (TPSA) is 56.0 Å². The van der Waals surface area contributed by atoms with Crippen molar-refractivity contribution >= 4 is 11.5 Å². The molecule has 1 aromatic carbocycles. The van der Waals surface area contributed by atoms with Gasteiger partial charge in [0.25, 0.3) is 5.92 Å². The van der Waals surface area contributed by atoms with Crippen LogP contribution in [0.1, 0.15) is 29.9 Å². The summed E-state index contributed by atoms with van der Waals surface area (Å²) < 4.78 is 26.6. The highest BCUT2D eigenvalue weighted by atomic mass is 19.3. The van der Waals surface area contributed by atoms with Crippen molar-refractivity contribution in [2.24, 2.45) is 0 Å². The Morgan fingerprint density at radius 2 is 1.95 bits per heavy atom. The Bertz CT molecular complexity index is 663. The molecule has 0 amide bonds. The summed E-state index contributed by atoms with van der Waals surface area (Å²) in [6.07, 6.45) is 1.46. The number of halogens is 2. The molecule has 5 heteroatoms. The summed E-state index contributed by atoms with van der Waals surface area (Å²) in [4.78, 5) is 15.2. The number of aromatic nitrogens is 1. The van der Waals surface area contributed by atoms with Crippen LogP contribution >= 0.6 is 0 Å². The highest BCUT2D eigenvalue weighted by Gasteiger charge is 2.24. The van der Waals surface area contributed by atoms with Crippen LogP contribution in [0.5, 0.6) is 0 Å². The van der Waals surface area contributed by atoms with Crippen LogP contribution in [0.3, 0.4) is 0 Å². The zero-order valence-corrected chi connectivity index (χ0v) is 11.2. The molecule has 0 saturated heterocycles. The smallest absolute Gasteiger partial charge is 0.270 e.